The third-order valence-corrected chi connectivity index (χ3v) is 4.45. The number of halogens is 1. The van der Waals surface area contributed by atoms with Gasteiger partial charge in [0, 0.05) is 23.8 Å². The van der Waals surface area contributed by atoms with Crippen molar-refractivity contribution in [1.29, 1.82) is 0 Å². The summed E-state index contributed by atoms with van der Waals surface area (Å²) in [6.45, 7) is 0.0536. The van der Waals surface area contributed by atoms with Crippen LogP contribution in [0.25, 0.3) is 6.08 Å². The molecular weight excluding hydrogens is 377 g/mol. The molecule has 0 fully saturated rings. The number of ether oxygens (including phenoxy) is 2. The highest BCUT2D eigenvalue weighted by atomic mass is 19.1. The van der Waals surface area contributed by atoms with Crippen molar-refractivity contribution in [3.05, 3.63) is 100 Å². The van der Waals surface area contributed by atoms with Gasteiger partial charge in [-0.1, -0.05) is 18.2 Å². The summed E-state index contributed by atoms with van der Waals surface area (Å²) in [4.78, 5) is 12.5. The number of Topliss-reactive ketones (excluding diaryl/α,β-unsaturated/α-hetero) is 1. The number of fused-ring (bicyclic) bond motifs is 1. The highest BCUT2D eigenvalue weighted by molar-refractivity contribution is 6.14. The van der Waals surface area contributed by atoms with Gasteiger partial charge in [-0.25, -0.2) is 9.60 Å². The molecule has 7 heteroatoms. The van der Waals surface area contributed by atoms with E-state index in [0.717, 1.165) is 0 Å². The predicted molar refractivity (Wildman–Crippen MR) is 102 cm³/mol. The van der Waals surface area contributed by atoms with Crippen molar-refractivity contribution >= 4 is 17.5 Å². The van der Waals surface area contributed by atoms with E-state index in [0.29, 0.717) is 28.2 Å². The molecule has 1 aliphatic rings. The van der Waals surface area contributed by atoms with Crippen LogP contribution in [-0.4, -0.2) is 11.0 Å². The minimum Gasteiger partial charge on any atom is -0.595 e. The lowest BCUT2D eigenvalue weighted by molar-refractivity contribution is -0.991. The van der Waals surface area contributed by atoms with Crippen molar-refractivity contribution in [2.75, 3.05) is 0 Å². The lowest BCUT2D eigenvalue weighted by Crippen LogP contribution is -2.99. The monoisotopic (exact) mass is 393 g/mol. The zero-order chi connectivity index (χ0) is 20.4. The van der Waals surface area contributed by atoms with E-state index < -0.39 is 5.23 Å². The molecule has 146 valence electrons. The van der Waals surface area contributed by atoms with Crippen molar-refractivity contribution in [2.45, 2.75) is 6.61 Å². The molecule has 0 saturated carbocycles. The van der Waals surface area contributed by atoms with E-state index in [2.05, 4.69) is 0 Å². The fourth-order valence-electron chi connectivity index (χ4n) is 2.91. The van der Waals surface area contributed by atoms with Crippen LogP contribution in [0.3, 0.4) is 0 Å². The summed E-state index contributed by atoms with van der Waals surface area (Å²) in [5.41, 5.74) is 1.62. The smallest absolute Gasteiger partial charge is 0.231 e. The molecule has 0 aromatic heterocycles. The third kappa shape index (κ3) is 4.02. The molecular formula is C22H16FNO5. The highest BCUT2D eigenvalue weighted by Crippen LogP contribution is 2.35. The third-order valence-electron chi connectivity index (χ3n) is 4.45. The van der Waals surface area contributed by atoms with E-state index in [1.54, 1.807) is 54.6 Å². The van der Waals surface area contributed by atoms with Gasteiger partial charge >= 0.3 is 0 Å². The summed E-state index contributed by atoms with van der Waals surface area (Å²) in [7, 11) is 0. The quantitative estimate of drug-likeness (QED) is 0.513. The van der Waals surface area contributed by atoms with E-state index in [-0.39, 0.29) is 29.7 Å². The van der Waals surface area contributed by atoms with E-state index in [9.17, 15) is 14.4 Å². The maximum absolute atomic E-state index is 13.7. The molecule has 1 unspecified atom stereocenters. The number of rotatable bonds is 5. The first-order valence-electron chi connectivity index (χ1n) is 8.79. The van der Waals surface area contributed by atoms with Crippen LogP contribution in [0.2, 0.25) is 0 Å². The Kier molecular flexibility index (Phi) is 5.09. The van der Waals surface area contributed by atoms with Crippen LogP contribution in [0.4, 0.5) is 10.1 Å². The van der Waals surface area contributed by atoms with Crippen LogP contribution in [0.1, 0.15) is 21.5 Å². The van der Waals surface area contributed by atoms with E-state index in [4.69, 9.17) is 14.7 Å². The molecule has 0 bridgehead atoms. The fourth-order valence-corrected chi connectivity index (χ4v) is 2.91. The fraction of sp³-hybridized carbons (Fsp3) is 0.0455. The molecule has 0 spiro atoms. The van der Waals surface area contributed by atoms with E-state index in [1.807, 2.05) is 0 Å². The van der Waals surface area contributed by atoms with Gasteiger partial charge in [0.15, 0.2) is 11.4 Å². The number of benzene rings is 3. The topological polar surface area (TPSA) is 83.3 Å². The van der Waals surface area contributed by atoms with Crippen LogP contribution in [0.5, 0.6) is 11.5 Å². The largest absolute Gasteiger partial charge is 0.595 e. The summed E-state index contributed by atoms with van der Waals surface area (Å²) in [6.07, 6.45) is 1.55. The van der Waals surface area contributed by atoms with Gasteiger partial charge in [-0.3, -0.25) is 4.79 Å². The Bertz CT molecular complexity index is 1090. The van der Waals surface area contributed by atoms with Gasteiger partial charge < -0.3 is 14.7 Å². The number of ketones is 1. The summed E-state index contributed by atoms with van der Waals surface area (Å²) in [5.74, 6) is 0.317. The van der Waals surface area contributed by atoms with Gasteiger partial charge in [-0.05, 0) is 42.0 Å². The van der Waals surface area contributed by atoms with E-state index in [1.165, 1.54) is 18.2 Å². The van der Waals surface area contributed by atoms with Crippen molar-refractivity contribution in [3.8, 4) is 11.5 Å². The summed E-state index contributed by atoms with van der Waals surface area (Å²) < 4.78 is 25.0. The molecule has 1 heterocycles. The number of allylic oxidation sites excluding steroid dienone is 1. The van der Waals surface area contributed by atoms with Gasteiger partial charge in [0.25, 0.3) is 0 Å². The second-order valence-electron chi connectivity index (χ2n) is 6.40. The predicted octanol–water partition coefficient (Wildman–Crippen LogP) is 3.42. The first kappa shape index (κ1) is 18.8. The van der Waals surface area contributed by atoms with Crippen molar-refractivity contribution < 1.29 is 29.1 Å². The zero-order valence-electron chi connectivity index (χ0n) is 15.1. The molecule has 1 aliphatic heterocycles. The second kappa shape index (κ2) is 7.84. The Hall–Kier alpha value is -3.52. The molecule has 29 heavy (non-hydrogen) atoms. The Morgan fingerprint density at radius 3 is 2.59 bits per heavy atom. The molecule has 2 N–H and O–H groups in total. The zero-order valence-corrected chi connectivity index (χ0v) is 15.1. The number of nitrogens with one attached hydrogen (secondary N) is 1. The second-order valence-corrected chi connectivity index (χ2v) is 6.40. The molecule has 0 radical (unpaired) electrons. The lowest BCUT2D eigenvalue weighted by atomic mass is 10.1. The minimum atomic E-state index is -1.02. The average molecular weight is 393 g/mol. The van der Waals surface area contributed by atoms with Crippen LogP contribution in [-0.2, 0) is 6.61 Å². The normalized spacial score (nSPS) is 15.1. The van der Waals surface area contributed by atoms with Crippen molar-refractivity contribution in [1.82, 2.24) is 0 Å². The van der Waals surface area contributed by atoms with Crippen LogP contribution < -0.4 is 14.7 Å². The summed E-state index contributed by atoms with van der Waals surface area (Å²) >= 11 is 0. The molecule has 6 nitrogen and oxygen atoms in total. The molecule has 4 rings (SSSR count). The number of quaternary nitrogens is 1. The van der Waals surface area contributed by atoms with Crippen molar-refractivity contribution in [2.24, 2.45) is 0 Å². The van der Waals surface area contributed by atoms with Crippen molar-refractivity contribution in [3.63, 3.8) is 0 Å². The van der Waals surface area contributed by atoms with Gasteiger partial charge in [0.1, 0.15) is 23.9 Å². The Labute approximate surface area is 165 Å². The Morgan fingerprint density at radius 1 is 1.10 bits per heavy atom. The van der Waals surface area contributed by atoms with E-state index >= 15 is 0 Å². The first-order chi connectivity index (χ1) is 14.0. The molecule has 0 saturated heterocycles. The maximum atomic E-state index is 13.7. The van der Waals surface area contributed by atoms with Crippen LogP contribution in [0, 0.1) is 11.0 Å². The Balaban J connectivity index is 1.50. The molecule has 0 aliphatic carbocycles. The summed E-state index contributed by atoms with van der Waals surface area (Å²) in [5, 5.41) is 18.9. The van der Waals surface area contributed by atoms with Gasteiger partial charge in [-0.2, -0.15) is 5.23 Å². The lowest BCUT2D eigenvalue weighted by Gasteiger charge is -2.10. The van der Waals surface area contributed by atoms with Gasteiger partial charge in [-0.15, -0.1) is 0 Å². The van der Waals surface area contributed by atoms with Gasteiger partial charge in [0.2, 0.25) is 5.78 Å². The molecule has 0 amide bonds. The number of hydrogen-bond donors (Lipinski definition) is 2. The SMILES string of the molecule is O=C1C(=Cc2ccc([NH+]([O-])O)cc2)Oc2cc(OCc3ccccc3F)ccc21. The molecule has 1 atom stereocenters. The number of hydrogen-bond acceptors (Lipinski definition) is 5. The highest BCUT2D eigenvalue weighted by Gasteiger charge is 2.27. The van der Waals surface area contributed by atoms with Crippen LogP contribution in [0.15, 0.2) is 72.5 Å². The number of carbonyl (C=O) groups excluding carboxylic acids is 1. The van der Waals surface area contributed by atoms with Crippen LogP contribution >= 0.6 is 0 Å². The average Bonchev–Trinajstić information content (AvgIpc) is 3.02. The molecule has 3 aromatic carbocycles. The van der Waals surface area contributed by atoms with Gasteiger partial charge in [0.05, 0.1) is 5.56 Å². The standard InChI is InChI=1S/C22H16FNO5/c23-19-4-2-1-3-15(19)13-28-17-9-10-18-20(12-17)29-21(22(18)25)11-14-5-7-16(8-6-14)24(26)27/h1-12,24,26H,13H2. The first-order valence-corrected chi connectivity index (χ1v) is 8.79. The maximum Gasteiger partial charge on any atom is 0.231 e. The number of carbonyl (C=O) groups is 1. The summed E-state index contributed by atoms with van der Waals surface area (Å²) in [6, 6.07) is 17.3. The minimum absolute atomic E-state index is 0.0536. The Morgan fingerprint density at radius 2 is 1.86 bits per heavy atom. The molecule has 3 aromatic rings.